The maximum atomic E-state index is 13.0. The molecule has 0 aliphatic rings. The van der Waals surface area contributed by atoms with Crippen LogP contribution in [0.15, 0.2) is 40.2 Å². The highest BCUT2D eigenvalue weighted by molar-refractivity contribution is 9.10. The van der Waals surface area contributed by atoms with Crippen LogP contribution in [0.1, 0.15) is 15.2 Å². The number of rotatable bonds is 5. The number of thiophene rings is 1. The monoisotopic (exact) mass is 384 g/mol. The van der Waals surface area contributed by atoms with Crippen LogP contribution < -0.4 is 5.32 Å². The fraction of sp³-hybridized carbons (Fsp3) is 0.200. The van der Waals surface area contributed by atoms with Crippen molar-refractivity contribution in [1.82, 2.24) is 10.2 Å². The molecule has 1 aromatic carbocycles. The normalized spacial score (nSPS) is 10.3. The molecule has 2 rings (SSSR count). The summed E-state index contributed by atoms with van der Waals surface area (Å²) in [6.07, 6.45) is 0. The van der Waals surface area contributed by atoms with E-state index in [2.05, 4.69) is 21.2 Å². The lowest BCUT2D eigenvalue weighted by Gasteiger charge is -2.16. The lowest BCUT2D eigenvalue weighted by Crippen LogP contribution is -2.37. The summed E-state index contributed by atoms with van der Waals surface area (Å²) < 4.78 is 14.0. The molecule has 0 bridgehead atoms. The molecule has 0 radical (unpaired) electrons. The molecule has 4 nitrogen and oxygen atoms in total. The van der Waals surface area contributed by atoms with Gasteiger partial charge in [-0.1, -0.05) is 6.07 Å². The summed E-state index contributed by atoms with van der Waals surface area (Å²) in [4.78, 5) is 26.4. The Kier molecular flexibility index (Phi) is 5.68. The summed E-state index contributed by atoms with van der Waals surface area (Å²) in [6.45, 7) is 0.351. The molecular weight excluding hydrogens is 371 g/mol. The lowest BCUT2D eigenvalue weighted by atomic mass is 10.2. The second kappa shape index (κ2) is 7.51. The van der Waals surface area contributed by atoms with E-state index in [1.54, 1.807) is 18.4 Å². The second-order valence-corrected chi connectivity index (χ2v) is 6.59. The number of halogens is 2. The zero-order valence-electron chi connectivity index (χ0n) is 11.8. The molecule has 116 valence electrons. The van der Waals surface area contributed by atoms with E-state index in [4.69, 9.17) is 0 Å². The van der Waals surface area contributed by atoms with Crippen LogP contribution in [0.25, 0.3) is 0 Å². The van der Waals surface area contributed by atoms with E-state index in [1.165, 1.54) is 23.1 Å². The Morgan fingerprint density at radius 3 is 2.77 bits per heavy atom. The Morgan fingerprint density at radius 2 is 2.14 bits per heavy atom. The van der Waals surface area contributed by atoms with Crippen molar-refractivity contribution in [2.75, 3.05) is 13.6 Å². The van der Waals surface area contributed by atoms with E-state index in [0.29, 0.717) is 6.54 Å². The maximum Gasteiger partial charge on any atom is 0.251 e. The van der Waals surface area contributed by atoms with Gasteiger partial charge in [-0.3, -0.25) is 9.59 Å². The van der Waals surface area contributed by atoms with Crippen LogP contribution in [-0.4, -0.2) is 30.3 Å². The largest absolute Gasteiger partial charge is 0.343 e. The summed E-state index contributed by atoms with van der Waals surface area (Å²) in [5, 5.41) is 4.44. The average Bonchev–Trinajstić information content (AvgIpc) is 2.89. The standard InChI is InChI=1S/C15H14BrFN2O2S/c1-19(8-13-6-11(16)9-22-13)14(20)7-18-15(21)10-3-2-4-12(17)5-10/h2-6,9H,7-8H2,1H3,(H,18,21). The molecule has 0 spiro atoms. The van der Waals surface area contributed by atoms with Gasteiger partial charge in [0.2, 0.25) is 5.91 Å². The minimum absolute atomic E-state index is 0.127. The number of hydrogen-bond acceptors (Lipinski definition) is 3. The number of carbonyl (C=O) groups is 2. The van der Waals surface area contributed by atoms with Gasteiger partial charge in [-0.2, -0.15) is 0 Å². The molecule has 0 unspecified atom stereocenters. The maximum absolute atomic E-state index is 13.0. The molecule has 0 fully saturated rings. The molecule has 2 amide bonds. The fourth-order valence-electron chi connectivity index (χ4n) is 1.78. The van der Waals surface area contributed by atoms with Crippen molar-refractivity contribution in [2.24, 2.45) is 0 Å². The van der Waals surface area contributed by atoms with Crippen molar-refractivity contribution in [1.29, 1.82) is 0 Å². The summed E-state index contributed by atoms with van der Waals surface area (Å²) in [5.41, 5.74) is 0.192. The minimum Gasteiger partial charge on any atom is -0.343 e. The van der Waals surface area contributed by atoms with Gasteiger partial charge in [-0.25, -0.2) is 4.39 Å². The second-order valence-electron chi connectivity index (χ2n) is 4.67. The molecule has 1 aromatic heterocycles. The van der Waals surface area contributed by atoms with Crippen molar-refractivity contribution in [3.63, 3.8) is 0 Å². The fourth-order valence-corrected chi connectivity index (χ4v) is 3.28. The first-order valence-corrected chi connectivity index (χ1v) is 8.13. The number of nitrogens with zero attached hydrogens (tertiary/aromatic N) is 1. The highest BCUT2D eigenvalue weighted by Crippen LogP contribution is 2.20. The molecule has 7 heteroatoms. The van der Waals surface area contributed by atoms with Gasteiger partial charge in [-0.05, 0) is 40.2 Å². The van der Waals surface area contributed by atoms with Crippen LogP contribution in [0.3, 0.4) is 0 Å². The highest BCUT2D eigenvalue weighted by atomic mass is 79.9. The number of likely N-dealkylation sites (N-methyl/N-ethyl adjacent to an activating group) is 1. The van der Waals surface area contributed by atoms with Crippen molar-refractivity contribution >= 4 is 39.1 Å². The van der Waals surface area contributed by atoms with Gasteiger partial charge in [0.15, 0.2) is 0 Å². The number of amides is 2. The zero-order valence-corrected chi connectivity index (χ0v) is 14.2. The van der Waals surface area contributed by atoms with Gasteiger partial charge in [-0.15, -0.1) is 11.3 Å². The minimum atomic E-state index is -0.487. The van der Waals surface area contributed by atoms with E-state index < -0.39 is 11.7 Å². The van der Waals surface area contributed by atoms with Crippen LogP contribution in [0.4, 0.5) is 4.39 Å². The Hall–Kier alpha value is -1.73. The zero-order chi connectivity index (χ0) is 16.1. The molecule has 1 heterocycles. The van der Waals surface area contributed by atoms with Gasteiger partial charge in [0, 0.05) is 27.3 Å². The molecule has 0 atom stereocenters. The van der Waals surface area contributed by atoms with Gasteiger partial charge in [0.1, 0.15) is 5.82 Å². The Bertz CT molecular complexity index is 690. The van der Waals surface area contributed by atoms with E-state index in [9.17, 15) is 14.0 Å². The van der Waals surface area contributed by atoms with Crippen LogP contribution in [-0.2, 0) is 11.3 Å². The Balaban J connectivity index is 1.85. The van der Waals surface area contributed by atoms with Gasteiger partial charge in [0.25, 0.3) is 5.91 Å². The first-order valence-electron chi connectivity index (χ1n) is 6.46. The average molecular weight is 385 g/mol. The van der Waals surface area contributed by atoms with E-state index in [1.807, 2.05) is 11.4 Å². The van der Waals surface area contributed by atoms with Crippen LogP contribution >= 0.6 is 27.3 Å². The summed E-state index contributed by atoms with van der Waals surface area (Å²) in [5.74, 6) is -1.17. The van der Waals surface area contributed by atoms with E-state index in [-0.39, 0.29) is 18.0 Å². The number of benzene rings is 1. The lowest BCUT2D eigenvalue weighted by molar-refractivity contribution is -0.129. The van der Waals surface area contributed by atoms with Crippen LogP contribution in [0, 0.1) is 5.82 Å². The summed E-state index contributed by atoms with van der Waals surface area (Å²) in [7, 11) is 1.67. The number of carbonyl (C=O) groups excluding carboxylic acids is 2. The summed E-state index contributed by atoms with van der Waals surface area (Å²) >= 11 is 4.91. The van der Waals surface area contributed by atoms with E-state index >= 15 is 0 Å². The number of hydrogen-bond donors (Lipinski definition) is 1. The third-order valence-corrected chi connectivity index (χ3v) is 4.61. The molecule has 0 aliphatic heterocycles. The van der Waals surface area contributed by atoms with Gasteiger partial charge in [0.05, 0.1) is 13.1 Å². The Labute approximate surface area is 140 Å². The van der Waals surface area contributed by atoms with Gasteiger partial charge >= 0.3 is 0 Å². The van der Waals surface area contributed by atoms with Crippen LogP contribution in [0.2, 0.25) is 0 Å². The van der Waals surface area contributed by atoms with Crippen molar-refractivity contribution in [2.45, 2.75) is 6.54 Å². The first-order chi connectivity index (χ1) is 10.5. The topological polar surface area (TPSA) is 49.4 Å². The third kappa shape index (κ3) is 4.64. The van der Waals surface area contributed by atoms with Crippen molar-refractivity contribution < 1.29 is 14.0 Å². The quantitative estimate of drug-likeness (QED) is 0.860. The molecule has 0 saturated heterocycles. The summed E-state index contributed by atoms with van der Waals surface area (Å²) in [6, 6.07) is 7.28. The molecule has 2 aromatic rings. The third-order valence-electron chi connectivity index (χ3n) is 2.93. The number of nitrogens with one attached hydrogen (secondary N) is 1. The SMILES string of the molecule is CN(Cc1cc(Br)cs1)C(=O)CNC(=O)c1cccc(F)c1. The predicted molar refractivity (Wildman–Crippen MR) is 87.2 cm³/mol. The first kappa shape index (κ1) is 16.6. The predicted octanol–water partition coefficient (Wildman–Crippen LogP) is 3.04. The smallest absolute Gasteiger partial charge is 0.251 e. The molecule has 0 saturated carbocycles. The highest BCUT2D eigenvalue weighted by Gasteiger charge is 2.13. The van der Waals surface area contributed by atoms with E-state index in [0.717, 1.165) is 15.4 Å². The molecular formula is C15H14BrFN2O2S. The molecule has 22 heavy (non-hydrogen) atoms. The van der Waals surface area contributed by atoms with Crippen molar-refractivity contribution in [3.8, 4) is 0 Å². The molecule has 0 aliphatic carbocycles. The van der Waals surface area contributed by atoms with Gasteiger partial charge < -0.3 is 10.2 Å². The molecule has 1 N–H and O–H groups in total. The van der Waals surface area contributed by atoms with Crippen LogP contribution in [0.5, 0.6) is 0 Å². The van der Waals surface area contributed by atoms with Crippen molar-refractivity contribution in [3.05, 3.63) is 56.4 Å². The Morgan fingerprint density at radius 1 is 1.36 bits per heavy atom.